The fourth-order valence-corrected chi connectivity index (χ4v) is 5.37. The van der Waals surface area contributed by atoms with Gasteiger partial charge in [-0.05, 0) is 11.5 Å². The van der Waals surface area contributed by atoms with E-state index in [-0.39, 0.29) is 6.04 Å². The Labute approximate surface area is 149 Å². The quantitative estimate of drug-likeness (QED) is 0.397. The van der Waals surface area contributed by atoms with Crippen molar-refractivity contribution in [2.24, 2.45) is 5.41 Å². The van der Waals surface area contributed by atoms with Crippen molar-refractivity contribution in [3.05, 3.63) is 29.8 Å². The maximum absolute atomic E-state index is 12.9. The molecule has 0 spiro atoms. The zero-order chi connectivity index (χ0) is 20.6. The summed E-state index contributed by atoms with van der Waals surface area (Å²) >= 11 is 0. The molecule has 0 aliphatic rings. The van der Waals surface area contributed by atoms with Crippen LogP contribution in [-0.4, -0.2) is 26.3 Å². The first-order valence-corrected chi connectivity index (χ1v) is 11.1. The first-order chi connectivity index (χ1) is 11.4. The molecular weight excluding hydrogens is 378 g/mol. The molecule has 1 atom stereocenters. The van der Waals surface area contributed by atoms with Crippen LogP contribution in [0.15, 0.2) is 24.3 Å². The molecule has 0 radical (unpaired) electrons. The lowest BCUT2D eigenvalue weighted by Gasteiger charge is -2.36. The summed E-state index contributed by atoms with van der Waals surface area (Å²) in [6.45, 7) is 8.35. The fraction of sp³-hybridized carbons (Fsp3) is 0.588. The van der Waals surface area contributed by atoms with Crippen LogP contribution >= 0.6 is 0 Å². The Morgan fingerprint density at radius 3 is 2.04 bits per heavy atom. The third-order valence-corrected chi connectivity index (χ3v) is 7.38. The standard InChI is InChI=1S/C17H22F6O2Si/c1-15(2,3)13(25-14(24)17(21,22)23)10-26(4,5)12-8-6-7-11(9-12)16(18,19)20/h6-9,13H,10H2,1-5H3. The number of hydrogen-bond acceptors (Lipinski definition) is 2. The summed E-state index contributed by atoms with van der Waals surface area (Å²) in [5, 5.41) is 0.435. The molecule has 0 fully saturated rings. The van der Waals surface area contributed by atoms with Gasteiger partial charge in [-0.2, -0.15) is 26.3 Å². The lowest BCUT2D eigenvalue weighted by atomic mass is 9.90. The predicted octanol–water partition coefficient (Wildman–Crippen LogP) is 5.14. The molecule has 1 aromatic carbocycles. The first kappa shape index (κ1) is 22.5. The summed E-state index contributed by atoms with van der Waals surface area (Å²) in [7, 11) is -2.63. The van der Waals surface area contributed by atoms with Crippen LogP contribution in [0.5, 0.6) is 0 Å². The van der Waals surface area contributed by atoms with E-state index in [0.717, 1.165) is 12.1 Å². The molecule has 0 aliphatic heterocycles. The van der Waals surface area contributed by atoms with E-state index in [1.165, 1.54) is 12.1 Å². The lowest BCUT2D eigenvalue weighted by Crippen LogP contribution is -2.49. The average Bonchev–Trinajstić information content (AvgIpc) is 2.43. The summed E-state index contributed by atoms with van der Waals surface area (Å²) in [5.74, 6) is -2.29. The van der Waals surface area contributed by atoms with Crippen LogP contribution in [0.1, 0.15) is 26.3 Å². The second-order valence-corrected chi connectivity index (χ2v) is 12.7. The van der Waals surface area contributed by atoms with Gasteiger partial charge in [0.25, 0.3) is 0 Å². The molecule has 26 heavy (non-hydrogen) atoms. The van der Waals surface area contributed by atoms with Gasteiger partial charge in [0, 0.05) is 0 Å². The van der Waals surface area contributed by atoms with E-state index in [2.05, 4.69) is 4.74 Å². The van der Waals surface area contributed by atoms with Crippen LogP contribution in [0.2, 0.25) is 19.1 Å². The van der Waals surface area contributed by atoms with E-state index in [1.807, 2.05) is 0 Å². The fourth-order valence-electron chi connectivity index (χ4n) is 2.42. The molecule has 148 valence electrons. The van der Waals surface area contributed by atoms with Crippen molar-refractivity contribution in [1.29, 1.82) is 0 Å². The predicted molar refractivity (Wildman–Crippen MR) is 88.8 cm³/mol. The molecule has 0 aromatic heterocycles. The van der Waals surface area contributed by atoms with Crippen molar-refractivity contribution in [3.8, 4) is 0 Å². The molecular formula is C17H22F6O2Si. The molecule has 0 saturated carbocycles. The minimum atomic E-state index is -5.12. The second-order valence-electron chi connectivity index (χ2n) is 7.92. The van der Waals surface area contributed by atoms with E-state index in [1.54, 1.807) is 33.9 Å². The number of ether oxygens (including phenoxy) is 1. The topological polar surface area (TPSA) is 26.3 Å². The smallest absolute Gasteiger partial charge is 0.455 e. The zero-order valence-electron chi connectivity index (χ0n) is 15.2. The van der Waals surface area contributed by atoms with E-state index >= 15 is 0 Å². The van der Waals surface area contributed by atoms with Gasteiger partial charge in [-0.1, -0.05) is 63.3 Å². The van der Waals surface area contributed by atoms with E-state index in [4.69, 9.17) is 0 Å². The van der Waals surface area contributed by atoms with Gasteiger partial charge >= 0.3 is 18.3 Å². The Morgan fingerprint density at radius 1 is 1.08 bits per heavy atom. The highest BCUT2D eigenvalue weighted by Crippen LogP contribution is 2.33. The number of hydrogen-bond donors (Lipinski definition) is 0. The van der Waals surface area contributed by atoms with Gasteiger partial charge in [-0.3, -0.25) is 0 Å². The molecule has 0 amide bonds. The van der Waals surface area contributed by atoms with E-state index < -0.39 is 43.5 Å². The Kier molecular flexibility index (Phi) is 6.28. The van der Waals surface area contributed by atoms with Gasteiger partial charge in [0.1, 0.15) is 6.10 Å². The van der Waals surface area contributed by atoms with Gasteiger partial charge in [0.2, 0.25) is 0 Å². The molecule has 0 saturated heterocycles. The summed E-state index contributed by atoms with van der Waals surface area (Å²) in [5.41, 5.74) is -1.61. The maximum Gasteiger partial charge on any atom is 0.490 e. The van der Waals surface area contributed by atoms with Crippen LogP contribution in [0, 0.1) is 5.41 Å². The number of benzene rings is 1. The summed E-state index contributed by atoms with van der Waals surface area (Å²) in [6, 6.07) is 4.85. The number of alkyl halides is 6. The van der Waals surface area contributed by atoms with E-state index in [0.29, 0.717) is 5.19 Å². The zero-order valence-corrected chi connectivity index (χ0v) is 16.2. The summed E-state index contributed by atoms with van der Waals surface area (Å²) in [6.07, 6.45) is -10.7. The van der Waals surface area contributed by atoms with Crippen LogP contribution in [0.25, 0.3) is 0 Å². The van der Waals surface area contributed by atoms with Crippen molar-refractivity contribution in [3.63, 3.8) is 0 Å². The normalized spacial score (nSPS) is 14.9. The van der Waals surface area contributed by atoms with Crippen molar-refractivity contribution in [2.45, 2.75) is 58.4 Å². The Hall–Kier alpha value is -1.51. The average molecular weight is 400 g/mol. The summed E-state index contributed by atoms with van der Waals surface area (Å²) in [4.78, 5) is 11.2. The largest absolute Gasteiger partial charge is 0.490 e. The highest BCUT2D eigenvalue weighted by molar-refractivity contribution is 6.89. The van der Waals surface area contributed by atoms with Gasteiger partial charge in [0.15, 0.2) is 0 Å². The van der Waals surface area contributed by atoms with Crippen molar-refractivity contribution in [1.82, 2.24) is 0 Å². The molecule has 0 aliphatic carbocycles. The Bertz CT molecular complexity index is 644. The van der Waals surface area contributed by atoms with Gasteiger partial charge in [-0.15, -0.1) is 0 Å². The maximum atomic E-state index is 12.9. The molecule has 0 N–H and O–H groups in total. The number of carbonyl (C=O) groups excluding carboxylic acids is 1. The molecule has 1 rings (SSSR count). The van der Waals surface area contributed by atoms with Crippen LogP contribution < -0.4 is 5.19 Å². The number of esters is 1. The third kappa shape index (κ3) is 6.03. The SMILES string of the molecule is CC(C)(C)C(C[Si](C)(C)c1cccc(C(F)(F)F)c1)OC(=O)C(F)(F)F. The second kappa shape index (κ2) is 7.25. The van der Waals surface area contributed by atoms with Gasteiger partial charge in [0.05, 0.1) is 13.6 Å². The van der Waals surface area contributed by atoms with Crippen LogP contribution in [-0.2, 0) is 15.7 Å². The molecule has 2 nitrogen and oxygen atoms in total. The molecule has 9 heteroatoms. The number of carbonyl (C=O) groups is 1. The Morgan fingerprint density at radius 2 is 1.62 bits per heavy atom. The van der Waals surface area contributed by atoms with Crippen LogP contribution in [0.3, 0.4) is 0 Å². The third-order valence-electron chi connectivity index (χ3n) is 4.11. The monoisotopic (exact) mass is 400 g/mol. The Balaban J connectivity index is 3.15. The minimum Gasteiger partial charge on any atom is -0.455 e. The van der Waals surface area contributed by atoms with Crippen LogP contribution in [0.4, 0.5) is 26.3 Å². The van der Waals surface area contributed by atoms with Crippen molar-refractivity contribution >= 4 is 19.2 Å². The molecule has 0 bridgehead atoms. The number of halogens is 6. The highest BCUT2D eigenvalue weighted by atomic mass is 28.3. The molecule has 1 unspecified atom stereocenters. The van der Waals surface area contributed by atoms with Crippen molar-refractivity contribution in [2.75, 3.05) is 0 Å². The highest BCUT2D eigenvalue weighted by Gasteiger charge is 2.45. The number of rotatable bonds is 4. The lowest BCUT2D eigenvalue weighted by molar-refractivity contribution is -0.208. The first-order valence-electron chi connectivity index (χ1n) is 7.90. The summed E-state index contributed by atoms with van der Waals surface area (Å²) < 4.78 is 81.1. The minimum absolute atomic E-state index is 0.0691. The van der Waals surface area contributed by atoms with E-state index in [9.17, 15) is 31.1 Å². The molecule has 0 heterocycles. The van der Waals surface area contributed by atoms with Gasteiger partial charge in [-0.25, -0.2) is 4.79 Å². The van der Waals surface area contributed by atoms with Gasteiger partial charge < -0.3 is 4.74 Å². The van der Waals surface area contributed by atoms with Crippen molar-refractivity contribution < 1.29 is 35.9 Å². The molecule has 1 aromatic rings.